The van der Waals surface area contributed by atoms with Crippen molar-refractivity contribution < 1.29 is 14.7 Å². The predicted octanol–water partition coefficient (Wildman–Crippen LogP) is 1.72. The Morgan fingerprint density at radius 2 is 1.86 bits per heavy atom. The average molecular weight is 284 g/mol. The molecule has 0 atom stereocenters. The molecule has 0 aliphatic heterocycles. The summed E-state index contributed by atoms with van der Waals surface area (Å²) in [5.41, 5.74) is 0.850. The summed E-state index contributed by atoms with van der Waals surface area (Å²) in [6.45, 7) is 0. The average Bonchev–Trinajstić information content (AvgIpc) is 2.47. The maximum Gasteiger partial charge on any atom is 0.328 e. The Morgan fingerprint density at radius 3 is 2.48 bits per heavy atom. The summed E-state index contributed by atoms with van der Waals surface area (Å²) in [6.07, 6.45) is 5.25. The number of carbonyl (C=O) groups excluding carboxylic acids is 1. The number of rotatable bonds is 4. The third-order valence-corrected chi connectivity index (χ3v) is 2.66. The highest BCUT2D eigenvalue weighted by Gasteiger charge is 2.09. The molecule has 0 saturated heterocycles. The van der Waals surface area contributed by atoms with Crippen LogP contribution < -0.4 is 10.7 Å². The minimum atomic E-state index is -1.03. The van der Waals surface area contributed by atoms with E-state index in [9.17, 15) is 14.4 Å². The van der Waals surface area contributed by atoms with Crippen LogP contribution in [0, 0.1) is 0 Å². The number of hydrogen-bond donors (Lipinski definition) is 3. The van der Waals surface area contributed by atoms with Crippen LogP contribution in [0.4, 0.5) is 5.69 Å². The van der Waals surface area contributed by atoms with Crippen LogP contribution in [0.5, 0.6) is 0 Å². The Labute approximate surface area is 119 Å². The lowest BCUT2D eigenvalue weighted by atomic mass is 10.2. The first-order valence-electron chi connectivity index (χ1n) is 6.06. The van der Waals surface area contributed by atoms with E-state index in [0.717, 1.165) is 6.08 Å². The number of anilines is 1. The van der Waals surface area contributed by atoms with Crippen molar-refractivity contribution in [2.75, 3.05) is 5.32 Å². The van der Waals surface area contributed by atoms with E-state index in [4.69, 9.17) is 5.11 Å². The number of amides is 1. The molecule has 2 rings (SSSR count). The molecule has 1 aromatic heterocycles. The van der Waals surface area contributed by atoms with Gasteiger partial charge in [0.15, 0.2) is 5.43 Å². The number of nitrogens with one attached hydrogen (secondary N) is 2. The molecular formula is C15H12N2O4. The number of carbonyl (C=O) groups is 2. The molecule has 0 spiro atoms. The molecule has 0 aliphatic carbocycles. The van der Waals surface area contributed by atoms with Crippen LogP contribution in [-0.4, -0.2) is 22.0 Å². The summed E-state index contributed by atoms with van der Waals surface area (Å²) in [7, 11) is 0. The summed E-state index contributed by atoms with van der Waals surface area (Å²) in [6, 6.07) is 7.83. The fraction of sp³-hybridized carbons (Fsp3) is 0. The summed E-state index contributed by atoms with van der Waals surface area (Å²) >= 11 is 0. The third kappa shape index (κ3) is 3.90. The first-order chi connectivity index (χ1) is 10.1. The maximum absolute atomic E-state index is 11.9. The first kappa shape index (κ1) is 14.3. The highest BCUT2D eigenvalue weighted by atomic mass is 16.4. The molecule has 1 amide bonds. The molecule has 0 saturated carbocycles. The van der Waals surface area contributed by atoms with Crippen molar-refractivity contribution in [1.29, 1.82) is 0 Å². The van der Waals surface area contributed by atoms with Gasteiger partial charge in [0.25, 0.3) is 5.91 Å². The smallest absolute Gasteiger partial charge is 0.328 e. The molecule has 0 aliphatic rings. The van der Waals surface area contributed by atoms with Gasteiger partial charge in [0.1, 0.15) is 5.56 Å². The first-order valence-corrected chi connectivity index (χ1v) is 6.06. The van der Waals surface area contributed by atoms with Gasteiger partial charge in [0.2, 0.25) is 0 Å². The molecular weight excluding hydrogens is 272 g/mol. The largest absolute Gasteiger partial charge is 0.478 e. The molecule has 1 heterocycles. The van der Waals surface area contributed by atoms with Gasteiger partial charge in [-0.05, 0) is 23.8 Å². The van der Waals surface area contributed by atoms with Gasteiger partial charge in [0.05, 0.1) is 0 Å². The van der Waals surface area contributed by atoms with Gasteiger partial charge in [-0.3, -0.25) is 9.59 Å². The highest BCUT2D eigenvalue weighted by molar-refractivity contribution is 6.04. The van der Waals surface area contributed by atoms with Gasteiger partial charge in [-0.25, -0.2) is 4.79 Å². The van der Waals surface area contributed by atoms with Crippen molar-refractivity contribution in [3.63, 3.8) is 0 Å². The molecule has 0 bridgehead atoms. The lowest BCUT2D eigenvalue weighted by Crippen LogP contribution is -2.20. The van der Waals surface area contributed by atoms with Crippen molar-refractivity contribution in [3.05, 3.63) is 70.2 Å². The lowest BCUT2D eigenvalue weighted by molar-refractivity contribution is -0.131. The summed E-state index contributed by atoms with van der Waals surface area (Å²) < 4.78 is 0. The molecule has 6 heteroatoms. The lowest BCUT2D eigenvalue weighted by Gasteiger charge is -2.04. The number of aromatic nitrogens is 1. The van der Waals surface area contributed by atoms with E-state index in [1.54, 1.807) is 24.3 Å². The van der Waals surface area contributed by atoms with Crippen molar-refractivity contribution in [3.8, 4) is 0 Å². The van der Waals surface area contributed by atoms with Crippen LogP contribution in [0.2, 0.25) is 0 Å². The zero-order valence-corrected chi connectivity index (χ0v) is 10.9. The minimum Gasteiger partial charge on any atom is -0.478 e. The number of hydrogen-bond acceptors (Lipinski definition) is 3. The Morgan fingerprint density at radius 1 is 1.14 bits per heavy atom. The fourth-order valence-electron chi connectivity index (χ4n) is 1.64. The van der Waals surface area contributed by atoms with Gasteiger partial charge >= 0.3 is 5.97 Å². The molecule has 0 unspecified atom stereocenters. The van der Waals surface area contributed by atoms with Crippen molar-refractivity contribution in [2.45, 2.75) is 0 Å². The topological polar surface area (TPSA) is 99.3 Å². The maximum atomic E-state index is 11.9. The van der Waals surface area contributed by atoms with Gasteiger partial charge < -0.3 is 15.4 Å². The molecule has 6 nitrogen and oxygen atoms in total. The molecule has 2 aromatic rings. The number of aliphatic carboxylic acids is 1. The van der Waals surface area contributed by atoms with E-state index in [1.165, 1.54) is 24.5 Å². The van der Waals surface area contributed by atoms with E-state index in [2.05, 4.69) is 10.3 Å². The van der Waals surface area contributed by atoms with E-state index in [1.807, 2.05) is 0 Å². The van der Waals surface area contributed by atoms with Crippen LogP contribution in [-0.2, 0) is 4.79 Å². The Bertz CT molecular complexity index is 745. The van der Waals surface area contributed by atoms with Crippen LogP contribution in [0.25, 0.3) is 6.08 Å². The van der Waals surface area contributed by atoms with Crippen molar-refractivity contribution in [2.24, 2.45) is 0 Å². The van der Waals surface area contributed by atoms with Crippen molar-refractivity contribution >= 4 is 23.6 Å². The van der Waals surface area contributed by atoms with Gasteiger partial charge in [-0.15, -0.1) is 0 Å². The number of pyridine rings is 1. The van der Waals surface area contributed by atoms with E-state index < -0.39 is 11.9 Å². The van der Waals surface area contributed by atoms with Crippen molar-refractivity contribution in [1.82, 2.24) is 4.98 Å². The summed E-state index contributed by atoms with van der Waals surface area (Å²) in [5, 5.41) is 11.1. The van der Waals surface area contributed by atoms with Crippen LogP contribution in [0.15, 0.2) is 53.6 Å². The molecule has 0 radical (unpaired) electrons. The molecule has 21 heavy (non-hydrogen) atoms. The number of carboxylic acid groups (broad SMARTS) is 1. The van der Waals surface area contributed by atoms with Crippen LogP contribution >= 0.6 is 0 Å². The highest BCUT2D eigenvalue weighted by Crippen LogP contribution is 2.11. The zero-order valence-electron chi connectivity index (χ0n) is 10.9. The fourth-order valence-corrected chi connectivity index (χ4v) is 1.64. The normalized spacial score (nSPS) is 10.5. The van der Waals surface area contributed by atoms with E-state index in [-0.39, 0.29) is 11.0 Å². The quantitative estimate of drug-likeness (QED) is 0.744. The van der Waals surface area contributed by atoms with Gasteiger partial charge in [-0.1, -0.05) is 12.1 Å². The minimum absolute atomic E-state index is 0.0207. The zero-order chi connectivity index (χ0) is 15.2. The van der Waals surface area contributed by atoms with Gasteiger partial charge in [-0.2, -0.15) is 0 Å². The Kier molecular flexibility index (Phi) is 4.30. The Balaban J connectivity index is 2.10. The molecule has 1 aromatic carbocycles. The monoisotopic (exact) mass is 284 g/mol. The van der Waals surface area contributed by atoms with Gasteiger partial charge in [0, 0.05) is 30.2 Å². The number of aromatic amines is 1. The SMILES string of the molecule is O=C(O)/C=C/c1ccc(NC(=O)c2c[nH]ccc2=O)cc1. The third-order valence-electron chi connectivity index (χ3n) is 2.66. The van der Waals surface area contributed by atoms with Crippen LogP contribution in [0.1, 0.15) is 15.9 Å². The second kappa shape index (κ2) is 6.33. The summed E-state index contributed by atoms with van der Waals surface area (Å²) in [5.74, 6) is -1.54. The van der Waals surface area contributed by atoms with E-state index in [0.29, 0.717) is 11.3 Å². The number of benzene rings is 1. The van der Waals surface area contributed by atoms with Crippen LogP contribution in [0.3, 0.4) is 0 Å². The summed E-state index contributed by atoms with van der Waals surface area (Å²) in [4.78, 5) is 36.5. The molecule has 3 N–H and O–H groups in total. The van der Waals surface area contributed by atoms with E-state index >= 15 is 0 Å². The molecule has 0 fully saturated rings. The Hall–Kier alpha value is -3.15. The second-order valence-corrected chi connectivity index (χ2v) is 4.17. The standard InChI is InChI=1S/C15H12N2O4/c18-13-7-8-16-9-12(13)15(21)17-11-4-1-10(2-5-11)3-6-14(19)20/h1-9H,(H,16,18)(H,17,21)(H,19,20)/b6-3+. The predicted molar refractivity (Wildman–Crippen MR) is 78.1 cm³/mol. The second-order valence-electron chi connectivity index (χ2n) is 4.17. The number of carboxylic acids is 1. The number of H-pyrrole nitrogens is 1. The molecule has 106 valence electrons.